The van der Waals surface area contributed by atoms with Gasteiger partial charge in [-0.05, 0) is 85.6 Å². The van der Waals surface area contributed by atoms with Crippen molar-refractivity contribution in [3.63, 3.8) is 0 Å². The highest BCUT2D eigenvalue weighted by Gasteiger charge is 2.41. The Kier molecular flexibility index (Phi) is 6.59. The van der Waals surface area contributed by atoms with Crippen molar-refractivity contribution < 1.29 is 0 Å². The number of anilines is 3. The summed E-state index contributed by atoms with van der Waals surface area (Å²) in [4.78, 5) is 2.57. The van der Waals surface area contributed by atoms with Crippen molar-refractivity contribution in [3.8, 4) is 33.4 Å². The molecule has 1 nitrogen and oxygen atoms in total. The van der Waals surface area contributed by atoms with E-state index in [-0.39, 0.29) is 10.8 Å². The molecule has 0 fully saturated rings. The molecule has 0 saturated heterocycles. The van der Waals surface area contributed by atoms with E-state index in [1.807, 2.05) is 11.3 Å². The van der Waals surface area contributed by atoms with Gasteiger partial charge in [-0.25, -0.2) is 0 Å². The van der Waals surface area contributed by atoms with E-state index < -0.39 is 0 Å². The third-order valence-electron chi connectivity index (χ3n) is 12.4. The van der Waals surface area contributed by atoms with Crippen molar-refractivity contribution in [2.75, 3.05) is 4.90 Å². The molecule has 11 rings (SSSR count). The lowest BCUT2D eigenvalue weighted by Crippen LogP contribution is -2.17. The van der Waals surface area contributed by atoms with Crippen LogP contribution in [0.25, 0.3) is 64.3 Å². The quantitative estimate of drug-likeness (QED) is 0.176. The molecule has 0 atom stereocenters. The van der Waals surface area contributed by atoms with Crippen molar-refractivity contribution in [2.45, 2.75) is 38.5 Å². The van der Waals surface area contributed by atoms with Gasteiger partial charge in [0.05, 0.1) is 11.4 Å². The predicted molar refractivity (Wildman–Crippen MR) is 232 cm³/mol. The summed E-state index contributed by atoms with van der Waals surface area (Å²) in [5, 5.41) is 5.25. The van der Waals surface area contributed by atoms with Gasteiger partial charge in [0.1, 0.15) is 0 Å². The molecular weight excluding hydrogens is 671 g/mol. The van der Waals surface area contributed by atoms with Gasteiger partial charge in [0.15, 0.2) is 0 Å². The lowest BCUT2D eigenvalue weighted by molar-refractivity contribution is 0.660. The van der Waals surface area contributed by atoms with Gasteiger partial charge in [-0.3, -0.25) is 0 Å². The zero-order chi connectivity index (χ0) is 36.3. The van der Waals surface area contributed by atoms with Crippen LogP contribution >= 0.6 is 11.3 Å². The second kappa shape index (κ2) is 11.3. The molecular formula is C52H39NS. The molecule has 1 heterocycles. The van der Waals surface area contributed by atoms with E-state index in [0.29, 0.717) is 0 Å². The molecule has 2 heteroatoms. The molecule has 54 heavy (non-hydrogen) atoms. The molecule has 0 spiro atoms. The Morgan fingerprint density at radius 2 is 1.04 bits per heavy atom. The maximum absolute atomic E-state index is 2.57. The molecule has 258 valence electrons. The van der Waals surface area contributed by atoms with Crippen molar-refractivity contribution in [1.29, 1.82) is 0 Å². The summed E-state index contributed by atoms with van der Waals surface area (Å²) >= 11 is 1.89. The number of hydrogen-bond donors (Lipinski definition) is 0. The van der Waals surface area contributed by atoms with Crippen LogP contribution in [0.15, 0.2) is 164 Å². The Balaban J connectivity index is 1.20. The fraction of sp³-hybridized carbons (Fsp3) is 0.115. The number of rotatable bonds is 4. The Hall–Kier alpha value is -5.96. The highest BCUT2D eigenvalue weighted by atomic mass is 32.1. The fourth-order valence-electron chi connectivity index (χ4n) is 9.91. The third kappa shape index (κ3) is 4.26. The Bertz CT molecular complexity index is 3000. The molecule has 0 saturated carbocycles. The molecule has 0 N–H and O–H groups in total. The third-order valence-corrected chi connectivity index (χ3v) is 13.7. The topological polar surface area (TPSA) is 3.24 Å². The summed E-state index contributed by atoms with van der Waals surface area (Å²) in [6.07, 6.45) is 0. The van der Waals surface area contributed by atoms with Crippen LogP contribution in [-0.2, 0) is 10.8 Å². The van der Waals surface area contributed by atoms with Gasteiger partial charge >= 0.3 is 0 Å². The van der Waals surface area contributed by atoms with Crippen LogP contribution in [-0.4, -0.2) is 0 Å². The van der Waals surface area contributed by atoms with Crippen LogP contribution in [0, 0.1) is 0 Å². The standard InChI is InChI=1S/C52H39NS/c1-51(2)41-22-10-7-18-39(41)47-43(51)24-14-25-44(47)53(34-29-27-32(28-30-34)36-20-13-21-38-37-17-9-12-26-46(37)54-50(36)38)45-31-33-15-5-6-16-35(33)49-48(45)40-19-8-11-23-42(40)52(49,3)4/h5-31H,1-4H3. The van der Waals surface area contributed by atoms with E-state index in [2.05, 4.69) is 196 Å². The number of benzene rings is 8. The summed E-state index contributed by atoms with van der Waals surface area (Å²) in [5.41, 5.74) is 16.7. The van der Waals surface area contributed by atoms with E-state index >= 15 is 0 Å². The molecule has 0 unspecified atom stereocenters. The molecule has 0 radical (unpaired) electrons. The number of nitrogens with zero attached hydrogens (tertiary/aromatic N) is 1. The van der Waals surface area contributed by atoms with Crippen LogP contribution in [0.2, 0.25) is 0 Å². The van der Waals surface area contributed by atoms with Crippen LogP contribution in [0.4, 0.5) is 17.1 Å². The van der Waals surface area contributed by atoms with E-state index in [9.17, 15) is 0 Å². The van der Waals surface area contributed by atoms with Gasteiger partial charge in [-0.15, -0.1) is 11.3 Å². The van der Waals surface area contributed by atoms with Gasteiger partial charge in [-0.2, -0.15) is 0 Å². The SMILES string of the molecule is CC1(C)c2ccccc2-c2c(N(c3ccc(-c4cccc5c4sc4ccccc45)cc3)c3cc4ccccc4c4c3-c3ccccc3C4(C)C)cccc21. The minimum Gasteiger partial charge on any atom is -0.309 e. The number of fused-ring (bicyclic) bond motifs is 11. The maximum atomic E-state index is 2.57. The summed E-state index contributed by atoms with van der Waals surface area (Å²) < 4.78 is 2.67. The normalized spacial score (nSPS) is 14.6. The first kappa shape index (κ1) is 31.6. The van der Waals surface area contributed by atoms with Crippen molar-refractivity contribution in [1.82, 2.24) is 0 Å². The number of hydrogen-bond acceptors (Lipinski definition) is 2. The average molecular weight is 710 g/mol. The van der Waals surface area contributed by atoms with Gasteiger partial charge in [-0.1, -0.05) is 161 Å². The van der Waals surface area contributed by atoms with E-state index in [0.717, 1.165) is 5.69 Å². The van der Waals surface area contributed by atoms with E-state index in [1.54, 1.807) is 0 Å². The van der Waals surface area contributed by atoms with Gasteiger partial charge in [0, 0.05) is 47.8 Å². The molecule has 0 aliphatic heterocycles. The first-order chi connectivity index (χ1) is 26.3. The first-order valence-electron chi connectivity index (χ1n) is 19.0. The molecule has 9 aromatic rings. The second-order valence-electron chi connectivity index (χ2n) is 16.1. The minimum atomic E-state index is -0.159. The zero-order valence-corrected chi connectivity index (χ0v) is 31.8. The first-order valence-corrected chi connectivity index (χ1v) is 19.8. The molecule has 0 amide bonds. The number of thiophene rings is 1. The summed E-state index contributed by atoms with van der Waals surface area (Å²) in [6.45, 7) is 9.56. The van der Waals surface area contributed by atoms with E-state index in [1.165, 1.54) is 98.0 Å². The average Bonchev–Trinajstić information content (AvgIpc) is 3.79. The van der Waals surface area contributed by atoms with Crippen molar-refractivity contribution >= 4 is 59.3 Å². The largest absolute Gasteiger partial charge is 0.309 e. The zero-order valence-electron chi connectivity index (χ0n) is 30.9. The molecule has 0 bridgehead atoms. The van der Waals surface area contributed by atoms with Crippen LogP contribution in [0.1, 0.15) is 49.9 Å². The summed E-state index contributed by atoms with van der Waals surface area (Å²) in [7, 11) is 0. The van der Waals surface area contributed by atoms with Crippen molar-refractivity contribution in [3.05, 3.63) is 186 Å². The van der Waals surface area contributed by atoms with Crippen LogP contribution in [0.3, 0.4) is 0 Å². The minimum absolute atomic E-state index is 0.111. The van der Waals surface area contributed by atoms with Gasteiger partial charge in [0.25, 0.3) is 0 Å². The Labute approximate surface area is 320 Å². The monoisotopic (exact) mass is 709 g/mol. The lowest BCUT2D eigenvalue weighted by atomic mass is 9.80. The molecule has 1 aromatic heterocycles. The predicted octanol–water partition coefficient (Wildman–Crippen LogP) is 15.0. The fourth-order valence-corrected chi connectivity index (χ4v) is 11.1. The lowest BCUT2D eigenvalue weighted by Gasteiger charge is -2.32. The molecule has 8 aromatic carbocycles. The summed E-state index contributed by atoms with van der Waals surface area (Å²) in [5.74, 6) is 0. The summed E-state index contributed by atoms with van der Waals surface area (Å²) in [6, 6.07) is 61.4. The van der Waals surface area contributed by atoms with Gasteiger partial charge < -0.3 is 4.90 Å². The second-order valence-corrected chi connectivity index (χ2v) is 17.1. The highest BCUT2D eigenvalue weighted by molar-refractivity contribution is 7.26. The smallest absolute Gasteiger partial charge is 0.0549 e. The maximum Gasteiger partial charge on any atom is 0.0549 e. The van der Waals surface area contributed by atoms with E-state index in [4.69, 9.17) is 0 Å². The van der Waals surface area contributed by atoms with Gasteiger partial charge in [0.2, 0.25) is 0 Å². The Morgan fingerprint density at radius 1 is 0.444 bits per heavy atom. The van der Waals surface area contributed by atoms with Crippen LogP contribution < -0.4 is 4.90 Å². The Morgan fingerprint density at radius 3 is 1.83 bits per heavy atom. The highest BCUT2D eigenvalue weighted by Crippen LogP contribution is 2.59. The molecule has 2 aliphatic rings. The van der Waals surface area contributed by atoms with Crippen LogP contribution in [0.5, 0.6) is 0 Å². The van der Waals surface area contributed by atoms with Crippen molar-refractivity contribution in [2.24, 2.45) is 0 Å². The molecule has 2 aliphatic carbocycles.